The number of rotatable bonds is 8. The summed E-state index contributed by atoms with van der Waals surface area (Å²) < 4.78 is 0. The van der Waals surface area contributed by atoms with E-state index in [-0.39, 0.29) is 0 Å². The maximum atomic E-state index is 6.08. The van der Waals surface area contributed by atoms with E-state index in [0.717, 1.165) is 5.02 Å². The summed E-state index contributed by atoms with van der Waals surface area (Å²) in [6.07, 6.45) is 10.3. The van der Waals surface area contributed by atoms with Gasteiger partial charge in [0.1, 0.15) is 0 Å². The van der Waals surface area contributed by atoms with Crippen molar-refractivity contribution in [2.45, 2.75) is 65.2 Å². The van der Waals surface area contributed by atoms with E-state index in [1.165, 1.54) is 62.5 Å². The van der Waals surface area contributed by atoms with Gasteiger partial charge in [0.2, 0.25) is 0 Å². The molecule has 0 aliphatic rings. The van der Waals surface area contributed by atoms with Crippen molar-refractivity contribution in [1.29, 1.82) is 0 Å². The third-order valence-corrected chi connectivity index (χ3v) is 3.50. The van der Waals surface area contributed by atoms with Gasteiger partial charge >= 0.3 is 0 Å². The monoisotopic (exact) mass is 252 g/mol. The second-order valence-electron chi connectivity index (χ2n) is 4.83. The van der Waals surface area contributed by atoms with Crippen molar-refractivity contribution in [3.8, 4) is 0 Å². The van der Waals surface area contributed by atoms with E-state index in [1.807, 2.05) is 6.07 Å². The number of hydrogen-bond acceptors (Lipinski definition) is 0. The van der Waals surface area contributed by atoms with Gasteiger partial charge in [-0.25, -0.2) is 0 Å². The number of aryl methyl sites for hydroxylation is 2. The molecule has 1 heteroatoms. The molecule has 17 heavy (non-hydrogen) atoms. The highest BCUT2D eigenvalue weighted by Crippen LogP contribution is 2.20. The molecule has 0 aliphatic heterocycles. The van der Waals surface area contributed by atoms with Crippen molar-refractivity contribution in [3.05, 3.63) is 34.3 Å². The largest absolute Gasteiger partial charge is 0.0843 e. The summed E-state index contributed by atoms with van der Waals surface area (Å²) in [5, 5.41) is 0.883. The van der Waals surface area contributed by atoms with E-state index in [0.29, 0.717) is 0 Å². The van der Waals surface area contributed by atoms with Crippen molar-refractivity contribution >= 4 is 11.6 Å². The predicted molar refractivity (Wildman–Crippen MR) is 77.9 cm³/mol. The zero-order valence-corrected chi connectivity index (χ0v) is 12.0. The Labute approximate surface area is 111 Å². The highest BCUT2D eigenvalue weighted by molar-refractivity contribution is 6.30. The van der Waals surface area contributed by atoms with Crippen molar-refractivity contribution in [3.63, 3.8) is 0 Å². The Bertz CT molecular complexity index is 317. The molecule has 0 aromatic heterocycles. The molecule has 0 radical (unpaired) electrons. The maximum Gasteiger partial charge on any atom is 0.0408 e. The topological polar surface area (TPSA) is 0 Å². The molecular weight excluding hydrogens is 228 g/mol. The van der Waals surface area contributed by atoms with Crippen LogP contribution in [-0.4, -0.2) is 0 Å². The van der Waals surface area contributed by atoms with Gasteiger partial charge in [-0.1, -0.05) is 57.2 Å². The summed E-state index contributed by atoms with van der Waals surface area (Å²) in [5.74, 6) is 0. The van der Waals surface area contributed by atoms with Gasteiger partial charge in [0.25, 0.3) is 0 Å². The molecule has 1 aromatic carbocycles. The molecule has 0 nitrogen and oxygen atoms in total. The van der Waals surface area contributed by atoms with Crippen molar-refractivity contribution < 1.29 is 0 Å². The highest BCUT2D eigenvalue weighted by Gasteiger charge is 2.03. The number of hydrogen-bond donors (Lipinski definition) is 0. The minimum atomic E-state index is 0.883. The van der Waals surface area contributed by atoms with Gasteiger partial charge in [-0.2, -0.15) is 0 Å². The Kier molecular flexibility index (Phi) is 7.35. The Hall–Kier alpha value is -0.490. The Morgan fingerprint density at radius 3 is 2.24 bits per heavy atom. The van der Waals surface area contributed by atoms with E-state index < -0.39 is 0 Å². The molecular formula is C16H25Cl. The molecule has 1 rings (SSSR count). The molecule has 0 spiro atoms. The molecule has 0 unspecified atom stereocenters. The average molecular weight is 253 g/mol. The second kappa shape index (κ2) is 8.58. The van der Waals surface area contributed by atoms with Crippen LogP contribution in [0.1, 0.15) is 63.5 Å². The first-order chi connectivity index (χ1) is 8.27. The number of unbranched alkanes of at least 4 members (excludes halogenated alkanes) is 4. The Morgan fingerprint density at radius 1 is 0.824 bits per heavy atom. The van der Waals surface area contributed by atoms with Gasteiger partial charge in [0, 0.05) is 5.02 Å². The number of halogens is 1. The molecule has 0 atom stereocenters. The maximum absolute atomic E-state index is 6.08. The molecule has 96 valence electrons. The fourth-order valence-corrected chi connectivity index (χ4v) is 2.38. The third kappa shape index (κ3) is 5.59. The lowest BCUT2D eigenvalue weighted by molar-refractivity contribution is 0.662. The van der Waals surface area contributed by atoms with Crippen LogP contribution >= 0.6 is 11.6 Å². The van der Waals surface area contributed by atoms with Gasteiger partial charge in [0.15, 0.2) is 0 Å². The van der Waals surface area contributed by atoms with Crippen LogP contribution < -0.4 is 0 Å². The lowest BCUT2D eigenvalue weighted by Gasteiger charge is -2.09. The summed E-state index contributed by atoms with van der Waals surface area (Å²) in [7, 11) is 0. The minimum Gasteiger partial charge on any atom is -0.0843 e. The normalized spacial score (nSPS) is 10.8. The minimum absolute atomic E-state index is 0.883. The Balaban J connectivity index is 2.55. The highest BCUT2D eigenvalue weighted by atomic mass is 35.5. The van der Waals surface area contributed by atoms with Crippen LogP contribution in [0.2, 0.25) is 5.02 Å². The van der Waals surface area contributed by atoms with E-state index in [4.69, 9.17) is 11.6 Å². The second-order valence-corrected chi connectivity index (χ2v) is 5.26. The van der Waals surface area contributed by atoms with Gasteiger partial charge < -0.3 is 0 Å². The van der Waals surface area contributed by atoms with E-state index in [2.05, 4.69) is 26.0 Å². The molecule has 0 bridgehead atoms. The molecule has 1 aromatic rings. The zero-order chi connectivity index (χ0) is 12.5. The Morgan fingerprint density at radius 2 is 1.53 bits per heavy atom. The van der Waals surface area contributed by atoms with Crippen LogP contribution in [-0.2, 0) is 12.8 Å². The molecule has 0 fully saturated rings. The third-order valence-electron chi connectivity index (χ3n) is 3.27. The van der Waals surface area contributed by atoms with E-state index >= 15 is 0 Å². The van der Waals surface area contributed by atoms with Crippen LogP contribution in [0.25, 0.3) is 0 Å². The first-order valence-corrected chi connectivity index (χ1v) is 7.43. The predicted octanol–water partition coefficient (Wildman–Crippen LogP) is 5.81. The summed E-state index contributed by atoms with van der Waals surface area (Å²) in [4.78, 5) is 0. The lowest BCUT2D eigenvalue weighted by atomic mass is 9.97. The van der Waals surface area contributed by atoms with Gasteiger partial charge in [-0.15, -0.1) is 0 Å². The smallest absolute Gasteiger partial charge is 0.0408 e. The molecule has 0 N–H and O–H groups in total. The molecule has 0 amide bonds. The molecule has 0 saturated heterocycles. The number of benzene rings is 1. The first kappa shape index (κ1) is 14.6. The molecule has 0 heterocycles. The standard InChI is InChI=1S/C16H25Cl/c1-3-5-7-8-10-14-11-12-16(17)13-15(14)9-6-4-2/h11-13H,3-10H2,1-2H3. The van der Waals surface area contributed by atoms with Crippen molar-refractivity contribution in [2.75, 3.05) is 0 Å². The quantitative estimate of drug-likeness (QED) is 0.513. The van der Waals surface area contributed by atoms with Crippen molar-refractivity contribution in [1.82, 2.24) is 0 Å². The molecule has 0 saturated carbocycles. The summed E-state index contributed by atoms with van der Waals surface area (Å²) in [6, 6.07) is 6.41. The van der Waals surface area contributed by atoms with E-state index in [1.54, 1.807) is 0 Å². The van der Waals surface area contributed by atoms with Crippen LogP contribution in [0.4, 0.5) is 0 Å². The van der Waals surface area contributed by atoms with Crippen LogP contribution in [0.15, 0.2) is 18.2 Å². The fraction of sp³-hybridized carbons (Fsp3) is 0.625. The fourth-order valence-electron chi connectivity index (χ4n) is 2.18. The first-order valence-electron chi connectivity index (χ1n) is 7.05. The summed E-state index contributed by atoms with van der Waals surface area (Å²) in [6.45, 7) is 4.50. The van der Waals surface area contributed by atoms with Crippen LogP contribution in [0.5, 0.6) is 0 Å². The zero-order valence-electron chi connectivity index (χ0n) is 11.3. The van der Waals surface area contributed by atoms with Crippen LogP contribution in [0.3, 0.4) is 0 Å². The van der Waals surface area contributed by atoms with Crippen molar-refractivity contribution in [2.24, 2.45) is 0 Å². The SMILES string of the molecule is CCCCCCc1ccc(Cl)cc1CCCC. The van der Waals surface area contributed by atoms with Gasteiger partial charge in [-0.3, -0.25) is 0 Å². The summed E-state index contributed by atoms with van der Waals surface area (Å²) in [5.41, 5.74) is 2.98. The molecule has 0 aliphatic carbocycles. The average Bonchev–Trinajstić information content (AvgIpc) is 2.34. The van der Waals surface area contributed by atoms with E-state index in [9.17, 15) is 0 Å². The van der Waals surface area contributed by atoms with Crippen LogP contribution in [0, 0.1) is 0 Å². The summed E-state index contributed by atoms with van der Waals surface area (Å²) >= 11 is 6.08. The lowest BCUT2D eigenvalue weighted by Crippen LogP contribution is -1.95. The van der Waals surface area contributed by atoms with Gasteiger partial charge in [-0.05, 0) is 48.9 Å². The van der Waals surface area contributed by atoms with Gasteiger partial charge in [0.05, 0.1) is 0 Å².